The Morgan fingerprint density at radius 2 is 2.11 bits per heavy atom. The maximum absolute atomic E-state index is 6.27. The molecular formula is C16H25NO. The Morgan fingerprint density at radius 3 is 2.78 bits per heavy atom. The summed E-state index contributed by atoms with van der Waals surface area (Å²) in [6.07, 6.45) is 5.54. The molecule has 100 valence electrons. The SMILES string of the molecule is Cc1cccc(C(CN)OC2CCCCC2C)c1. The highest BCUT2D eigenvalue weighted by atomic mass is 16.5. The third-order valence-electron chi connectivity index (χ3n) is 4.00. The molecule has 2 N–H and O–H groups in total. The normalized spacial score (nSPS) is 25.9. The Kier molecular flexibility index (Phi) is 4.79. The van der Waals surface area contributed by atoms with Crippen LogP contribution in [-0.2, 0) is 4.74 Å². The van der Waals surface area contributed by atoms with Gasteiger partial charge < -0.3 is 10.5 Å². The molecule has 1 aromatic rings. The lowest BCUT2D eigenvalue weighted by atomic mass is 9.87. The molecule has 1 saturated carbocycles. The molecule has 1 aliphatic carbocycles. The van der Waals surface area contributed by atoms with E-state index in [1.807, 2.05) is 0 Å². The second-order valence-corrected chi connectivity index (χ2v) is 5.57. The molecule has 2 nitrogen and oxygen atoms in total. The van der Waals surface area contributed by atoms with Gasteiger partial charge in [-0.2, -0.15) is 0 Å². The van der Waals surface area contributed by atoms with Crippen LogP contribution in [0.4, 0.5) is 0 Å². The smallest absolute Gasteiger partial charge is 0.0951 e. The van der Waals surface area contributed by atoms with E-state index >= 15 is 0 Å². The maximum Gasteiger partial charge on any atom is 0.0951 e. The molecule has 1 aliphatic rings. The van der Waals surface area contributed by atoms with E-state index in [4.69, 9.17) is 10.5 Å². The predicted molar refractivity (Wildman–Crippen MR) is 75.5 cm³/mol. The summed E-state index contributed by atoms with van der Waals surface area (Å²) >= 11 is 0. The van der Waals surface area contributed by atoms with Crippen molar-refractivity contribution in [3.05, 3.63) is 35.4 Å². The Morgan fingerprint density at radius 1 is 1.33 bits per heavy atom. The summed E-state index contributed by atoms with van der Waals surface area (Å²) in [6.45, 7) is 4.97. The third kappa shape index (κ3) is 3.33. The van der Waals surface area contributed by atoms with Crippen molar-refractivity contribution in [1.82, 2.24) is 0 Å². The van der Waals surface area contributed by atoms with Crippen molar-refractivity contribution in [3.8, 4) is 0 Å². The van der Waals surface area contributed by atoms with Crippen LogP contribution in [0.15, 0.2) is 24.3 Å². The van der Waals surface area contributed by atoms with Crippen molar-refractivity contribution in [2.24, 2.45) is 11.7 Å². The summed E-state index contributed by atoms with van der Waals surface area (Å²) in [4.78, 5) is 0. The molecule has 2 rings (SSSR count). The van der Waals surface area contributed by atoms with E-state index in [1.165, 1.54) is 36.8 Å². The van der Waals surface area contributed by atoms with Crippen LogP contribution in [0.25, 0.3) is 0 Å². The monoisotopic (exact) mass is 247 g/mol. The quantitative estimate of drug-likeness (QED) is 0.882. The first-order chi connectivity index (χ1) is 8.70. The van der Waals surface area contributed by atoms with Gasteiger partial charge in [0.05, 0.1) is 12.2 Å². The summed E-state index contributed by atoms with van der Waals surface area (Å²) in [7, 11) is 0. The first kappa shape index (κ1) is 13.6. The second kappa shape index (κ2) is 6.35. The predicted octanol–water partition coefficient (Wildman–Crippen LogP) is 3.59. The molecule has 0 saturated heterocycles. The van der Waals surface area contributed by atoms with E-state index in [9.17, 15) is 0 Å². The molecule has 2 heteroatoms. The van der Waals surface area contributed by atoms with Crippen molar-refractivity contribution >= 4 is 0 Å². The zero-order chi connectivity index (χ0) is 13.0. The second-order valence-electron chi connectivity index (χ2n) is 5.57. The molecule has 0 amide bonds. The molecule has 3 unspecified atom stereocenters. The molecule has 1 aromatic carbocycles. The van der Waals surface area contributed by atoms with Crippen LogP contribution in [0.1, 0.15) is 49.8 Å². The number of hydrogen-bond acceptors (Lipinski definition) is 2. The molecule has 0 aliphatic heterocycles. The number of aryl methyl sites for hydroxylation is 1. The van der Waals surface area contributed by atoms with Crippen LogP contribution in [0.2, 0.25) is 0 Å². The zero-order valence-electron chi connectivity index (χ0n) is 11.6. The van der Waals surface area contributed by atoms with Crippen LogP contribution in [0.3, 0.4) is 0 Å². The van der Waals surface area contributed by atoms with Gasteiger partial charge in [0, 0.05) is 6.54 Å². The minimum atomic E-state index is 0.0513. The standard InChI is InChI=1S/C16H25NO/c1-12-6-5-8-14(10-12)16(11-17)18-15-9-4-3-7-13(15)2/h5-6,8,10,13,15-16H,3-4,7,9,11,17H2,1-2H3. The minimum absolute atomic E-state index is 0.0513. The van der Waals surface area contributed by atoms with Gasteiger partial charge in [-0.05, 0) is 31.2 Å². The van der Waals surface area contributed by atoms with Crippen LogP contribution in [0, 0.1) is 12.8 Å². The van der Waals surface area contributed by atoms with Crippen LogP contribution < -0.4 is 5.73 Å². The van der Waals surface area contributed by atoms with Gasteiger partial charge in [0.2, 0.25) is 0 Å². The average Bonchev–Trinajstić information content (AvgIpc) is 2.38. The van der Waals surface area contributed by atoms with Gasteiger partial charge in [-0.3, -0.25) is 0 Å². The highest BCUT2D eigenvalue weighted by Crippen LogP contribution is 2.30. The van der Waals surface area contributed by atoms with Gasteiger partial charge >= 0.3 is 0 Å². The molecule has 0 spiro atoms. The molecule has 0 aromatic heterocycles. The number of hydrogen-bond donors (Lipinski definition) is 1. The van der Waals surface area contributed by atoms with Crippen molar-refractivity contribution < 1.29 is 4.74 Å². The fourth-order valence-electron chi connectivity index (χ4n) is 2.84. The zero-order valence-corrected chi connectivity index (χ0v) is 11.6. The Labute approximate surface area is 111 Å². The Balaban J connectivity index is 2.04. The van der Waals surface area contributed by atoms with Crippen LogP contribution >= 0.6 is 0 Å². The summed E-state index contributed by atoms with van der Waals surface area (Å²) < 4.78 is 6.27. The van der Waals surface area contributed by atoms with Gasteiger partial charge in [0.25, 0.3) is 0 Å². The first-order valence-corrected chi connectivity index (χ1v) is 7.13. The molecule has 0 heterocycles. The van der Waals surface area contributed by atoms with E-state index in [2.05, 4.69) is 38.1 Å². The molecule has 18 heavy (non-hydrogen) atoms. The van der Waals surface area contributed by atoms with Gasteiger partial charge in [-0.15, -0.1) is 0 Å². The minimum Gasteiger partial charge on any atom is -0.369 e. The van der Waals surface area contributed by atoms with Crippen molar-refractivity contribution in [1.29, 1.82) is 0 Å². The number of nitrogens with two attached hydrogens (primary N) is 1. The van der Waals surface area contributed by atoms with Crippen LogP contribution in [-0.4, -0.2) is 12.6 Å². The highest BCUT2D eigenvalue weighted by molar-refractivity contribution is 5.24. The topological polar surface area (TPSA) is 35.2 Å². The highest BCUT2D eigenvalue weighted by Gasteiger charge is 2.25. The molecule has 0 bridgehead atoms. The molecule has 0 radical (unpaired) electrons. The number of rotatable bonds is 4. The lowest BCUT2D eigenvalue weighted by Gasteiger charge is -2.32. The lowest BCUT2D eigenvalue weighted by Crippen LogP contribution is -2.30. The number of benzene rings is 1. The third-order valence-corrected chi connectivity index (χ3v) is 4.00. The summed E-state index contributed by atoms with van der Waals surface area (Å²) in [5, 5.41) is 0. The average molecular weight is 247 g/mol. The fraction of sp³-hybridized carbons (Fsp3) is 0.625. The van der Waals surface area contributed by atoms with Crippen molar-refractivity contribution in [3.63, 3.8) is 0 Å². The van der Waals surface area contributed by atoms with Crippen molar-refractivity contribution in [2.75, 3.05) is 6.54 Å². The number of ether oxygens (including phenoxy) is 1. The van der Waals surface area contributed by atoms with Gasteiger partial charge in [-0.25, -0.2) is 0 Å². The van der Waals surface area contributed by atoms with E-state index < -0.39 is 0 Å². The van der Waals surface area contributed by atoms with Crippen LogP contribution in [0.5, 0.6) is 0 Å². The molecular weight excluding hydrogens is 222 g/mol. The van der Waals surface area contributed by atoms with E-state index in [1.54, 1.807) is 0 Å². The summed E-state index contributed by atoms with van der Waals surface area (Å²) in [5.74, 6) is 0.664. The van der Waals surface area contributed by atoms with E-state index in [0.717, 1.165) is 0 Å². The largest absolute Gasteiger partial charge is 0.369 e. The Hall–Kier alpha value is -0.860. The Bertz CT molecular complexity index is 377. The maximum atomic E-state index is 6.27. The summed E-state index contributed by atoms with van der Waals surface area (Å²) in [6, 6.07) is 8.50. The molecule has 1 fully saturated rings. The lowest BCUT2D eigenvalue weighted by molar-refractivity contribution is -0.0533. The van der Waals surface area contributed by atoms with E-state index in [-0.39, 0.29) is 6.10 Å². The molecule has 3 atom stereocenters. The fourth-order valence-corrected chi connectivity index (χ4v) is 2.84. The summed E-state index contributed by atoms with van der Waals surface area (Å²) in [5.41, 5.74) is 8.38. The first-order valence-electron chi connectivity index (χ1n) is 7.13. The van der Waals surface area contributed by atoms with Gasteiger partial charge in [0.1, 0.15) is 0 Å². The van der Waals surface area contributed by atoms with Gasteiger partial charge in [-0.1, -0.05) is 49.6 Å². The van der Waals surface area contributed by atoms with Gasteiger partial charge in [0.15, 0.2) is 0 Å². The van der Waals surface area contributed by atoms with E-state index in [0.29, 0.717) is 18.6 Å². The van der Waals surface area contributed by atoms with Crippen molar-refractivity contribution in [2.45, 2.75) is 51.7 Å².